The summed E-state index contributed by atoms with van der Waals surface area (Å²) in [6.07, 6.45) is 3.32. The largest absolute Gasteiger partial charge is 0.495 e. The fraction of sp³-hybridized carbons (Fsp3) is 0.538. The van der Waals surface area contributed by atoms with Crippen LogP contribution in [0.4, 0.5) is 5.69 Å². The SMILES string of the molecule is COc1cc(OC)c(S(=O)(=O)NCC2CCC2)cc1N. The van der Waals surface area contributed by atoms with Crippen molar-refractivity contribution in [3.8, 4) is 11.5 Å². The average molecular weight is 300 g/mol. The monoisotopic (exact) mass is 300 g/mol. The third kappa shape index (κ3) is 2.99. The molecule has 1 aliphatic rings. The van der Waals surface area contributed by atoms with Crippen molar-refractivity contribution in [2.75, 3.05) is 26.5 Å². The first-order chi connectivity index (χ1) is 9.47. The van der Waals surface area contributed by atoms with Gasteiger partial charge < -0.3 is 15.2 Å². The molecule has 0 spiro atoms. The van der Waals surface area contributed by atoms with Gasteiger partial charge in [0, 0.05) is 12.6 Å². The minimum atomic E-state index is -3.63. The maximum absolute atomic E-state index is 12.3. The first-order valence-electron chi connectivity index (χ1n) is 6.49. The lowest BCUT2D eigenvalue weighted by molar-refractivity contribution is 0.316. The van der Waals surface area contributed by atoms with Crippen LogP contribution in [0.2, 0.25) is 0 Å². The number of nitrogens with one attached hydrogen (secondary N) is 1. The van der Waals surface area contributed by atoms with E-state index >= 15 is 0 Å². The van der Waals surface area contributed by atoms with Crippen LogP contribution in [-0.4, -0.2) is 29.2 Å². The number of benzene rings is 1. The number of nitrogen functional groups attached to an aromatic ring is 1. The second kappa shape index (κ2) is 5.88. The van der Waals surface area contributed by atoms with Crippen LogP contribution in [-0.2, 0) is 10.0 Å². The highest BCUT2D eigenvalue weighted by Gasteiger charge is 2.25. The molecule has 1 aromatic rings. The Bertz CT molecular complexity index is 582. The van der Waals surface area contributed by atoms with Crippen LogP contribution >= 0.6 is 0 Å². The van der Waals surface area contributed by atoms with E-state index in [1.807, 2.05) is 0 Å². The summed E-state index contributed by atoms with van der Waals surface area (Å²) in [5.74, 6) is 1.04. The van der Waals surface area contributed by atoms with Crippen LogP contribution in [0.5, 0.6) is 11.5 Å². The van der Waals surface area contributed by atoms with Crippen molar-refractivity contribution in [2.24, 2.45) is 5.92 Å². The lowest BCUT2D eigenvalue weighted by Crippen LogP contribution is -2.32. The molecule has 3 N–H and O–H groups in total. The van der Waals surface area contributed by atoms with Gasteiger partial charge in [-0.2, -0.15) is 0 Å². The quantitative estimate of drug-likeness (QED) is 0.774. The molecule has 0 unspecified atom stereocenters. The zero-order valence-electron chi connectivity index (χ0n) is 11.7. The van der Waals surface area contributed by atoms with Crippen molar-refractivity contribution < 1.29 is 17.9 Å². The molecule has 0 amide bonds. The minimum Gasteiger partial charge on any atom is -0.495 e. The van der Waals surface area contributed by atoms with Gasteiger partial charge in [-0.1, -0.05) is 6.42 Å². The van der Waals surface area contributed by atoms with Crippen LogP contribution in [0, 0.1) is 5.92 Å². The van der Waals surface area contributed by atoms with Gasteiger partial charge in [0.2, 0.25) is 10.0 Å². The fourth-order valence-corrected chi connectivity index (χ4v) is 3.41. The van der Waals surface area contributed by atoms with Crippen molar-refractivity contribution in [3.05, 3.63) is 12.1 Å². The van der Waals surface area contributed by atoms with E-state index in [4.69, 9.17) is 15.2 Å². The van der Waals surface area contributed by atoms with E-state index in [1.54, 1.807) is 0 Å². The van der Waals surface area contributed by atoms with Gasteiger partial charge in [-0.3, -0.25) is 0 Å². The van der Waals surface area contributed by atoms with Crippen LogP contribution < -0.4 is 19.9 Å². The maximum atomic E-state index is 12.3. The molecule has 1 saturated carbocycles. The van der Waals surface area contributed by atoms with E-state index in [2.05, 4.69) is 4.72 Å². The van der Waals surface area contributed by atoms with Gasteiger partial charge in [0.15, 0.2) is 0 Å². The van der Waals surface area contributed by atoms with E-state index < -0.39 is 10.0 Å². The van der Waals surface area contributed by atoms with Crippen LogP contribution in [0.1, 0.15) is 19.3 Å². The van der Waals surface area contributed by atoms with Crippen LogP contribution in [0.25, 0.3) is 0 Å². The number of hydrogen-bond acceptors (Lipinski definition) is 5. The molecule has 0 atom stereocenters. The predicted molar refractivity (Wildman–Crippen MR) is 76.5 cm³/mol. The van der Waals surface area contributed by atoms with Gasteiger partial charge in [-0.15, -0.1) is 0 Å². The summed E-state index contributed by atoms with van der Waals surface area (Å²) >= 11 is 0. The Morgan fingerprint density at radius 2 is 1.90 bits per heavy atom. The number of ether oxygens (including phenoxy) is 2. The minimum absolute atomic E-state index is 0.0395. The average Bonchev–Trinajstić information content (AvgIpc) is 2.36. The number of nitrogens with two attached hydrogens (primary N) is 1. The van der Waals surface area contributed by atoms with E-state index in [0.29, 0.717) is 18.2 Å². The molecule has 20 heavy (non-hydrogen) atoms. The molecule has 2 rings (SSSR count). The smallest absolute Gasteiger partial charge is 0.244 e. The second-order valence-corrected chi connectivity index (χ2v) is 6.63. The van der Waals surface area contributed by atoms with Crippen molar-refractivity contribution in [2.45, 2.75) is 24.2 Å². The third-order valence-electron chi connectivity index (χ3n) is 3.59. The molecule has 1 aromatic carbocycles. The van der Waals surface area contributed by atoms with Gasteiger partial charge in [0.25, 0.3) is 0 Å². The summed E-state index contributed by atoms with van der Waals surface area (Å²) in [5.41, 5.74) is 6.03. The van der Waals surface area contributed by atoms with Gasteiger partial charge in [0.1, 0.15) is 16.4 Å². The Hall–Kier alpha value is -1.47. The fourth-order valence-electron chi connectivity index (χ4n) is 2.11. The molecular weight excluding hydrogens is 280 g/mol. The summed E-state index contributed by atoms with van der Waals surface area (Å²) in [4.78, 5) is 0.0395. The Kier molecular flexibility index (Phi) is 4.39. The number of methoxy groups -OCH3 is 2. The molecule has 1 aliphatic carbocycles. The number of sulfonamides is 1. The number of hydrogen-bond donors (Lipinski definition) is 2. The molecule has 0 bridgehead atoms. The Morgan fingerprint density at radius 3 is 2.40 bits per heavy atom. The van der Waals surface area contributed by atoms with E-state index in [1.165, 1.54) is 32.8 Å². The summed E-state index contributed by atoms with van der Waals surface area (Å²) in [6.45, 7) is 0.456. The summed E-state index contributed by atoms with van der Waals surface area (Å²) in [5, 5.41) is 0. The topological polar surface area (TPSA) is 90.6 Å². The molecule has 0 heterocycles. The molecule has 0 saturated heterocycles. The lowest BCUT2D eigenvalue weighted by Gasteiger charge is -2.25. The molecule has 0 aliphatic heterocycles. The first-order valence-corrected chi connectivity index (χ1v) is 7.97. The highest BCUT2D eigenvalue weighted by molar-refractivity contribution is 7.89. The van der Waals surface area contributed by atoms with Crippen LogP contribution in [0.3, 0.4) is 0 Å². The van der Waals surface area contributed by atoms with Gasteiger partial charge in [-0.05, 0) is 24.8 Å². The molecular formula is C13H20N2O4S. The summed E-state index contributed by atoms with van der Waals surface area (Å²) in [6, 6.07) is 2.84. The lowest BCUT2D eigenvalue weighted by atomic mass is 9.86. The zero-order valence-corrected chi connectivity index (χ0v) is 12.5. The molecule has 7 heteroatoms. The van der Waals surface area contributed by atoms with Crippen LogP contribution in [0.15, 0.2) is 17.0 Å². The van der Waals surface area contributed by atoms with Gasteiger partial charge in [0.05, 0.1) is 19.9 Å². The Morgan fingerprint density at radius 1 is 1.25 bits per heavy atom. The standard InChI is InChI=1S/C13H20N2O4S/c1-18-11-7-12(19-2)13(6-10(11)14)20(16,17)15-8-9-4-3-5-9/h6-7,9,15H,3-5,8,14H2,1-2H3. The molecule has 0 radical (unpaired) electrons. The van der Waals surface area contributed by atoms with Gasteiger partial charge in [-0.25, -0.2) is 13.1 Å². The van der Waals surface area contributed by atoms with Crippen molar-refractivity contribution in [3.63, 3.8) is 0 Å². The van der Waals surface area contributed by atoms with Crippen molar-refractivity contribution >= 4 is 15.7 Å². The van der Waals surface area contributed by atoms with Gasteiger partial charge >= 0.3 is 0 Å². The Balaban J connectivity index is 2.26. The Labute approximate surface area is 119 Å². The highest BCUT2D eigenvalue weighted by atomic mass is 32.2. The van der Waals surface area contributed by atoms with Crippen molar-refractivity contribution in [1.82, 2.24) is 4.72 Å². The normalized spacial score (nSPS) is 15.7. The summed E-state index contributed by atoms with van der Waals surface area (Å²) in [7, 11) is -0.753. The van der Waals surface area contributed by atoms with Crippen molar-refractivity contribution in [1.29, 1.82) is 0 Å². The number of anilines is 1. The van der Waals surface area contributed by atoms with E-state index in [9.17, 15) is 8.42 Å². The number of rotatable bonds is 6. The third-order valence-corrected chi connectivity index (χ3v) is 5.04. The highest BCUT2D eigenvalue weighted by Crippen LogP contribution is 2.34. The maximum Gasteiger partial charge on any atom is 0.244 e. The molecule has 112 valence electrons. The molecule has 6 nitrogen and oxygen atoms in total. The first kappa shape index (κ1) is 14.9. The van der Waals surface area contributed by atoms with E-state index in [0.717, 1.165) is 12.8 Å². The molecule has 0 aromatic heterocycles. The second-order valence-electron chi connectivity index (χ2n) is 4.89. The zero-order chi connectivity index (χ0) is 14.8. The predicted octanol–water partition coefficient (Wildman–Crippen LogP) is 1.36. The van der Waals surface area contributed by atoms with E-state index in [-0.39, 0.29) is 16.3 Å². The molecule has 1 fully saturated rings. The summed E-state index contributed by atoms with van der Waals surface area (Å²) < 4.78 is 37.4.